The van der Waals surface area contributed by atoms with Crippen molar-refractivity contribution in [2.75, 3.05) is 37.0 Å². The lowest BCUT2D eigenvalue weighted by Gasteiger charge is -2.54. The molecule has 4 aromatic rings. The molecule has 9 heteroatoms. The molecule has 1 N–H and O–H groups in total. The predicted octanol–water partition coefficient (Wildman–Crippen LogP) is 4.01. The number of ether oxygens (including phenoxy) is 2. The molecule has 2 saturated heterocycles. The fraction of sp³-hybridized carbons (Fsp3) is 0.333. The number of hydrogen-bond donors (Lipinski definition) is 1. The number of anilines is 2. The van der Waals surface area contributed by atoms with Crippen LogP contribution in [0, 0.1) is 23.2 Å². The maximum atomic E-state index is 9.58. The molecule has 1 unspecified atom stereocenters. The van der Waals surface area contributed by atoms with Crippen LogP contribution in [-0.2, 0) is 0 Å². The van der Waals surface area contributed by atoms with E-state index in [0.29, 0.717) is 41.7 Å². The van der Waals surface area contributed by atoms with Gasteiger partial charge in [0.05, 0.1) is 49.1 Å². The van der Waals surface area contributed by atoms with Gasteiger partial charge in [-0.05, 0) is 49.4 Å². The SMILES string of the molecule is CCOc1cc(-c2ccc(N3C[C@H]4C[C@@H](C3)C4Nc3ccc(OC)nc3)nc2)c2c(C#N)cnn2c1. The Kier molecular flexibility index (Phi) is 5.56. The van der Waals surface area contributed by atoms with Gasteiger partial charge in [-0.2, -0.15) is 10.4 Å². The predicted molar refractivity (Wildman–Crippen MR) is 136 cm³/mol. The van der Waals surface area contributed by atoms with Crippen LogP contribution in [0.25, 0.3) is 16.6 Å². The number of aromatic nitrogens is 4. The molecule has 0 aromatic carbocycles. The Morgan fingerprint density at radius 2 is 1.97 bits per heavy atom. The second-order valence-corrected chi connectivity index (χ2v) is 9.31. The van der Waals surface area contributed by atoms with Crippen molar-refractivity contribution in [1.82, 2.24) is 19.6 Å². The number of piperidine rings is 2. The molecule has 3 aliphatic rings. The average Bonchev–Trinajstić information content (AvgIpc) is 3.35. The lowest BCUT2D eigenvalue weighted by Crippen LogP contribution is -2.61. The van der Waals surface area contributed by atoms with Gasteiger partial charge in [0.2, 0.25) is 5.88 Å². The molecule has 9 nitrogen and oxygen atoms in total. The van der Waals surface area contributed by atoms with Crippen LogP contribution >= 0.6 is 0 Å². The third-order valence-corrected chi connectivity index (χ3v) is 7.21. The number of methoxy groups -OCH3 is 1. The first-order valence-corrected chi connectivity index (χ1v) is 12.2. The number of nitrogens with zero attached hydrogens (tertiary/aromatic N) is 6. The van der Waals surface area contributed by atoms with Gasteiger partial charge in [0.25, 0.3) is 0 Å². The second-order valence-electron chi connectivity index (χ2n) is 9.31. The molecule has 6 heterocycles. The van der Waals surface area contributed by atoms with E-state index in [1.807, 2.05) is 37.5 Å². The molecule has 3 fully saturated rings. The minimum atomic E-state index is 0.455. The Bertz CT molecular complexity index is 1410. The van der Waals surface area contributed by atoms with Crippen LogP contribution in [-0.4, -0.2) is 52.4 Å². The van der Waals surface area contributed by atoms with E-state index >= 15 is 0 Å². The molecule has 1 aliphatic carbocycles. The Labute approximate surface area is 209 Å². The Hall–Kier alpha value is -4.32. The molecule has 0 radical (unpaired) electrons. The number of nitrogens with one attached hydrogen (secondary N) is 1. The fourth-order valence-corrected chi connectivity index (χ4v) is 5.47. The number of rotatable bonds is 7. The smallest absolute Gasteiger partial charge is 0.213 e. The Morgan fingerprint density at radius 1 is 1.11 bits per heavy atom. The molecule has 7 rings (SSSR count). The highest BCUT2D eigenvalue weighted by Gasteiger charge is 2.47. The molecule has 1 saturated carbocycles. The number of pyridine rings is 3. The summed E-state index contributed by atoms with van der Waals surface area (Å²) in [5.74, 6) is 3.44. The Balaban J connectivity index is 1.19. The van der Waals surface area contributed by atoms with Crippen LogP contribution in [0.2, 0.25) is 0 Å². The van der Waals surface area contributed by atoms with Crippen LogP contribution in [0.3, 0.4) is 0 Å². The van der Waals surface area contributed by atoms with Crippen LogP contribution < -0.4 is 19.7 Å². The van der Waals surface area contributed by atoms with E-state index in [9.17, 15) is 5.26 Å². The molecular weight excluding hydrogens is 454 g/mol. The molecule has 36 heavy (non-hydrogen) atoms. The molecule has 0 spiro atoms. The zero-order valence-electron chi connectivity index (χ0n) is 20.3. The first-order chi connectivity index (χ1) is 17.7. The largest absolute Gasteiger partial charge is 0.492 e. The normalized spacial score (nSPS) is 20.5. The van der Waals surface area contributed by atoms with E-state index in [0.717, 1.165) is 41.2 Å². The molecule has 2 bridgehead atoms. The van der Waals surface area contributed by atoms with E-state index in [-0.39, 0.29) is 0 Å². The van der Waals surface area contributed by atoms with Crippen molar-refractivity contribution in [3.05, 3.63) is 60.7 Å². The maximum absolute atomic E-state index is 9.58. The third-order valence-electron chi connectivity index (χ3n) is 7.21. The van der Waals surface area contributed by atoms with Crippen LogP contribution in [0.15, 0.2) is 55.1 Å². The lowest BCUT2D eigenvalue weighted by molar-refractivity contribution is 0.130. The Morgan fingerprint density at radius 3 is 2.64 bits per heavy atom. The van der Waals surface area contributed by atoms with Gasteiger partial charge in [-0.25, -0.2) is 14.5 Å². The lowest BCUT2D eigenvalue weighted by atomic mass is 9.66. The molecular formula is C27H27N7O2. The summed E-state index contributed by atoms with van der Waals surface area (Å²) in [5.41, 5.74) is 4.13. The van der Waals surface area contributed by atoms with E-state index in [1.165, 1.54) is 6.42 Å². The van der Waals surface area contributed by atoms with Crippen molar-refractivity contribution < 1.29 is 9.47 Å². The van der Waals surface area contributed by atoms with Crippen molar-refractivity contribution >= 4 is 17.0 Å². The summed E-state index contributed by atoms with van der Waals surface area (Å²) in [5, 5.41) is 17.6. The van der Waals surface area contributed by atoms with Crippen molar-refractivity contribution in [1.29, 1.82) is 5.26 Å². The van der Waals surface area contributed by atoms with E-state index in [2.05, 4.69) is 38.5 Å². The maximum Gasteiger partial charge on any atom is 0.213 e. The minimum Gasteiger partial charge on any atom is -0.492 e. The molecule has 182 valence electrons. The summed E-state index contributed by atoms with van der Waals surface area (Å²) < 4.78 is 12.6. The van der Waals surface area contributed by atoms with Gasteiger partial charge in [0.1, 0.15) is 17.6 Å². The van der Waals surface area contributed by atoms with Crippen LogP contribution in [0.5, 0.6) is 11.6 Å². The number of fused-ring (bicyclic) bond motifs is 3. The van der Waals surface area contributed by atoms with Gasteiger partial charge in [-0.15, -0.1) is 0 Å². The van der Waals surface area contributed by atoms with Gasteiger partial charge in [-0.3, -0.25) is 0 Å². The van der Waals surface area contributed by atoms with E-state index < -0.39 is 0 Å². The summed E-state index contributed by atoms with van der Waals surface area (Å²) in [6.07, 6.45) is 8.34. The van der Waals surface area contributed by atoms with Crippen molar-refractivity contribution in [2.45, 2.75) is 19.4 Å². The highest BCUT2D eigenvalue weighted by Crippen LogP contribution is 2.43. The number of hydrogen-bond acceptors (Lipinski definition) is 8. The van der Waals surface area contributed by atoms with Gasteiger partial charge in [0, 0.05) is 42.5 Å². The summed E-state index contributed by atoms with van der Waals surface area (Å²) in [4.78, 5) is 11.5. The summed E-state index contributed by atoms with van der Waals surface area (Å²) >= 11 is 0. The van der Waals surface area contributed by atoms with Crippen molar-refractivity contribution in [2.24, 2.45) is 11.8 Å². The van der Waals surface area contributed by atoms with Crippen LogP contribution in [0.4, 0.5) is 11.5 Å². The zero-order chi connectivity index (χ0) is 24.6. The van der Waals surface area contributed by atoms with Gasteiger partial charge < -0.3 is 19.7 Å². The summed E-state index contributed by atoms with van der Waals surface area (Å²) in [6.45, 7) is 4.43. The number of nitriles is 1. The average molecular weight is 482 g/mol. The first kappa shape index (κ1) is 22.2. The molecule has 4 aromatic heterocycles. The van der Waals surface area contributed by atoms with Gasteiger partial charge >= 0.3 is 0 Å². The molecule has 0 amide bonds. The first-order valence-electron chi connectivity index (χ1n) is 12.2. The highest BCUT2D eigenvalue weighted by atomic mass is 16.5. The van der Waals surface area contributed by atoms with Crippen molar-refractivity contribution in [3.63, 3.8) is 0 Å². The van der Waals surface area contributed by atoms with Crippen molar-refractivity contribution in [3.8, 4) is 28.8 Å². The third kappa shape index (κ3) is 3.85. The summed E-state index contributed by atoms with van der Waals surface area (Å²) in [7, 11) is 1.63. The van der Waals surface area contributed by atoms with Gasteiger partial charge in [-0.1, -0.05) is 0 Å². The standard InChI is InChI=1S/C27H27N7O2/c1-3-36-22-9-23(27-20(10-28)12-31-34(27)16-22)17-4-6-24(29-11-17)33-14-18-8-19(15-33)26(18)32-21-5-7-25(35-2)30-13-21/h4-7,9,11-13,16,18-19,26,32H,3,8,14-15H2,1-2H3/t18-,19+,26?. The molecule has 3 atom stereocenters. The quantitative estimate of drug-likeness (QED) is 0.423. The highest BCUT2D eigenvalue weighted by molar-refractivity contribution is 5.85. The second kappa shape index (κ2) is 9.04. The zero-order valence-corrected chi connectivity index (χ0v) is 20.3. The fourth-order valence-electron chi connectivity index (χ4n) is 5.47. The minimum absolute atomic E-state index is 0.455. The monoisotopic (exact) mass is 481 g/mol. The van der Waals surface area contributed by atoms with E-state index in [1.54, 1.807) is 24.0 Å². The topological polar surface area (TPSA) is 101 Å². The van der Waals surface area contributed by atoms with Crippen LogP contribution in [0.1, 0.15) is 18.9 Å². The molecule has 2 aliphatic heterocycles. The summed E-state index contributed by atoms with van der Waals surface area (Å²) in [6, 6.07) is 12.7. The van der Waals surface area contributed by atoms with E-state index in [4.69, 9.17) is 14.5 Å². The van der Waals surface area contributed by atoms with Gasteiger partial charge in [0.15, 0.2) is 0 Å².